The van der Waals surface area contributed by atoms with Gasteiger partial charge in [-0.15, -0.1) is 11.3 Å². The molecule has 3 heterocycles. The highest BCUT2D eigenvalue weighted by Crippen LogP contribution is 2.39. The Morgan fingerprint density at radius 3 is 2.80 bits per heavy atom. The van der Waals surface area contributed by atoms with Gasteiger partial charge in [0.15, 0.2) is 11.6 Å². The summed E-state index contributed by atoms with van der Waals surface area (Å²) in [6.45, 7) is 4.36. The molecule has 1 aliphatic rings. The SMILES string of the molecule is CCNC(=O)N(CCOC)CCn1cc(-c2cc3nccc(Oc4ccc(NC(=O)NC5CC5)cc4F)c3s2)cn1. The number of carbonyl (C=O) groups excluding carboxylic acids is 2. The normalized spacial score (nSPS) is 12.8. The number of hydrogen-bond acceptors (Lipinski definition) is 7. The van der Waals surface area contributed by atoms with E-state index in [-0.39, 0.29) is 23.9 Å². The number of thiophene rings is 1. The van der Waals surface area contributed by atoms with E-state index in [9.17, 15) is 14.0 Å². The molecule has 41 heavy (non-hydrogen) atoms. The van der Waals surface area contributed by atoms with Crippen LogP contribution in [0.2, 0.25) is 0 Å². The molecule has 0 saturated heterocycles. The van der Waals surface area contributed by atoms with Crippen molar-refractivity contribution in [2.24, 2.45) is 0 Å². The monoisotopic (exact) mass is 581 g/mol. The summed E-state index contributed by atoms with van der Waals surface area (Å²) in [4.78, 5) is 31.4. The summed E-state index contributed by atoms with van der Waals surface area (Å²) < 4.78 is 28.5. The standard InChI is InChI=1S/C28H32FN7O4S/c1-3-30-28(38)35(12-13-39-2)10-11-36-17-18(16-32-36)25-15-22-26(41-25)24(8-9-31-22)40-23-7-6-20(14-21(23)29)34-27(37)33-19-4-5-19/h6-9,14-17,19H,3-5,10-13H2,1-2H3,(H,30,38)(H2,33,34,37). The fourth-order valence-electron chi connectivity index (χ4n) is 4.11. The Morgan fingerprint density at radius 2 is 2.05 bits per heavy atom. The van der Waals surface area contributed by atoms with Crippen molar-refractivity contribution in [3.05, 3.63) is 54.7 Å². The van der Waals surface area contributed by atoms with E-state index < -0.39 is 5.82 Å². The van der Waals surface area contributed by atoms with Gasteiger partial charge in [0.25, 0.3) is 0 Å². The Morgan fingerprint density at radius 1 is 1.20 bits per heavy atom. The third-order valence-electron chi connectivity index (χ3n) is 6.40. The van der Waals surface area contributed by atoms with Crippen LogP contribution < -0.4 is 20.7 Å². The first-order valence-electron chi connectivity index (χ1n) is 13.4. The van der Waals surface area contributed by atoms with Crippen molar-refractivity contribution < 1.29 is 23.5 Å². The van der Waals surface area contributed by atoms with Crippen molar-refractivity contribution >= 4 is 39.3 Å². The molecule has 3 N–H and O–H groups in total. The molecule has 216 valence electrons. The number of halogens is 1. The van der Waals surface area contributed by atoms with Gasteiger partial charge in [-0.3, -0.25) is 9.67 Å². The van der Waals surface area contributed by atoms with E-state index >= 15 is 0 Å². The number of fused-ring (bicyclic) bond motifs is 1. The summed E-state index contributed by atoms with van der Waals surface area (Å²) >= 11 is 1.47. The molecule has 1 saturated carbocycles. The van der Waals surface area contributed by atoms with E-state index in [1.807, 2.05) is 19.2 Å². The van der Waals surface area contributed by atoms with Crippen molar-refractivity contribution in [3.63, 3.8) is 0 Å². The van der Waals surface area contributed by atoms with E-state index in [2.05, 4.69) is 26.0 Å². The second-order valence-corrected chi connectivity index (χ2v) is 10.6. The minimum atomic E-state index is -0.593. The molecule has 0 radical (unpaired) electrons. The number of amides is 4. The minimum Gasteiger partial charge on any atom is -0.453 e. The van der Waals surface area contributed by atoms with Gasteiger partial charge >= 0.3 is 12.1 Å². The van der Waals surface area contributed by atoms with Gasteiger partial charge in [0.2, 0.25) is 0 Å². The molecule has 5 rings (SSSR count). The van der Waals surface area contributed by atoms with Crippen molar-refractivity contribution in [2.75, 3.05) is 38.7 Å². The molecule has 0 spiro atoms. The lowest BCUT2D eigenvalue weighted by molar-refractivity contribution is 0.147. The molecule has 0 atom stereocenters. The summed E-state index contributed by atoms with van der Waals surface area (Å²) in [5.74, 6) is -0.0802. The molecule has 4 amide bonds. The van der Waals surface area contributed by atoms with E-state index in [1.54, 1.807) is 41.2 Å². The maximum absolute atomic E-state index is 14.9. The minimum absolute atomic E-state index is 0.0403. The molecule has 3 aromatic heterocycles. The molecular formula is C28H32FN7O4S. The highest BCUT2D eigenvalue weighted by atomic mass is 32.1. The molecule has 1 fully saturated rings. The van der Waals surface area contributed by atoms with Crippen LogP contribution in [-0.4, -0.2) is 71.1 Å². The summed E-state index contributed by atoms with van der Waals surface area (Å²) in [6, 6.07) is 7.67. The first-order valence-corrected chi connectivity index (χ1v) is 14.2. The van der Waals surface area contributed by atoms with E-state index in [0.717, 1.165) is 28.0 Å². The lowest BCUT2D eigenvalue weighted by Gasteiger charge is -2.22. The van der Waals surface area contributed by atoms with E-state index in [0.29, 0.717) is 49.7 Å². The molecule has 0 bridgehead atoms. The number of rotatable bonds is 12. The number of urea groups is 2. The van der Waals surface area contributed by atoms with Crippen LogP contribution in [0.25, 0.3) is 20.7 Å². The number of carbonyl (C=O) groups is 2. The number of methoxy groups -OCH3 is 1. The van der Waals surface area contributed by atoms with Crippen molar-refractivity contribution in [1.29, 1.82) is 0 Å². The Balaban J connectivity index is 1.26. The van der Waals surface area contributed by atoms with Crippen molar-refractivity contribution in [1.82, 2.24) is 30.3 Å². The molecular weight excluding hydrogens is 549 g/mol. The largest absolute Gasteiger partial charge is 0.453 e. The van der Waals surface area contributed by atoms with Crippen LogP contribution in [0, 0.1) is 5.82 Å². The molecule has 4 aromatic rings. The van der Waals surface area contributed by atoms with E-state index in [1.165, 1.54) is 23.5 Å². The van der Waals surface area contributed by atoms with Crippen LogP contribution in [0.15, 0.2) is 48.9 Å². The second kappa shape index (κ2) is 13.0. The Labute approximate surface area is 240 Å². The summed E-state index contributed by atoms with van der Waals surface area (Å²) in [7, 11) is 1.61. The van der Waals surface area contributed by atoms with E-state index in [4.69, 9.17) is 9.47 Å². The zero-order chi connectivity index (χ0) is 28.8. The Bertz CT molecular complexity index is 1520. The summed E-state index contributed by atoms with van der Waals surface area (Å²) in [5.41, 5.74) is 1.95. The number of nitrogens with one attached hydrogen (secondary N) is 3. The maximum Gasteiger partial charge on any atom is 0.319 e. The van der Waals surface area contributed by atoms with Gasteiger partial charge in [0, 0.05) is 73.4 Å². The third-order valence-corrected chi connectivity index (χ3v) is 7.58. The van der Waals surface area contributed by atoms with Gasteiger partial charge in [-0.05, 0) is 38.0 Å². The quantitative estimate of drug-likeness (QED) is 0.215. The van der Waals surface area contributed by atoms with Gasteiger partial charge < -0.3 is 30.3 Å². The molecule has 1 aromatic carbocycles. The molecule has 0 aliphatic heterocycles. The fourth-order valence-corrected chi connectivity index (χ4v) is 5.15. The van der Waals surface area contributed by atoms with Crippen LogP contribution in [0.3, 0.4) is 0 Å². The number of aromatic nitrogens is 3. The average molecular weight is 582 g/mol. The number of pyridine rings is 1. The molecule has 1 aliphatic carbocycles. The molecule has 0 unspecified atom stereocenters. The predicted octanol–water partition coefficient (Wildman–Crippen LogP) is 5.05. The number of hydrogen-bond donors (Lipinski definition) is 3. The van der Waals surface area contributed by atoms with Crippen molar-refractivity contribution in [2.45, 2.75) is 32.4 Å². The molecule has 11 nitrogen and oxygen atoms in total. The van der Waals surface area contributed by atoms with Gasteiger partial charge in [0.05, 0.1) is 29.6 Å². The van der Waals surface area contributed by atoms with Gasteiger partial charge in [-0.2, -0.15) is 5.10 Å². The average Bonchev–Trinajstić information content (AvgIpc) is 3.44. The Kier molecular flexibility index (Phi) is 8.95. The Hall–Kier alpha value is -4.23. The highest BCUT2D eigenvalue weighted by Gasteiger charge is 2.23. The number of benzene rings is 1. The first-order chi connectivity index (χ1) is 19.9. The molecule has 13 heteroatoms. The lowest BCUT2D eigenvalue weighted by Crippen LogP contribution is -2.43. The van der Waals surface area contributed by atoms with Gasteiger partial charge in [-0.25, -0.2) is 14.0 Å². The highest BCUT2D eigenvalue weighted by molar-refractivity contribution is 7.22. The third kappa shape index (κ3) is 7.30. The zero-order valence-electron chi connectivity index (χ0n) is 22.9. The summed E-state index contributed by atoms with van der Waals surface area (Å²) in [5, 5.41) is 12.7. The smallest absolute Gasteiger partial charge is 0.319 e. The van der Waals surface area contributed by atoms with Crippen LogP contribution in [0.5, 0.6) is 11.5 Å². The van der Waals surface area contributed by atoms with Crippen LogP contribution in [-0.2, 0) is 11.3 Å². The van der Waals surface area contributed by atoms with Gasteiger partial charge in [0.1, 0.15) is 5.75 Å². The number of anilines is 1. The predicted molar refractivity (Wildman–Crippen MR) is 155 cm³/mol. The number of nitrogens with zero attached hydrogens (tertiary/aromatic N) is 4. The summed E-state index contributed by atoms with van der Waals surface area (Å²) in [6.07, 6.45) is 7.23. The van der Waals surface area contributed by atoms with Crippen LogP contribution in [0.4, 0.5) is 19.7 Å². The van der Waals surface area contributed by atoms with Crippen LogP contribution in [0.1, 0.15) is 19.8 Å². The fraction of sp³-hybridized carbons (Fsp3) is 0.357. The van der Waals surface area contributed by atoms with Crippen LogP contribution >= 0.6 is 11.3 Å². The van der Waals surface area contributed by atoms with Crippen molar-refractivity contribution in [3.8, 4) is 21.9 Å². The lowest BCUT2D eigenvalue weighted by atomic mass is 10.2. The first kappa shape index (κ1) is 28.3. The topological polar surface area (TPSA) is 123 Å². The van der Waals surface area contributed by atoms with Gasteiger partial charge in [-0.1, -0.05) is 0 Å². The number of ether oxygens (including phenoxy) is 2. The second-order valence-electron chi connectivity index (χ2n) is 9.56. The zero-order valence-corrected chi connectivity index (χ0v) is 23.7. The maximum atomic E-state index is 14.9.